The van der Waals surface area contributed by atoms with Gasteiger partial charge in [-0.3, -0.25) is 9.69 Å². The number of aromatic nitrogens is 5. The molecule has 0 amide bonds. The van der Waals surface area contributed by atoms with Crippen LogP contribution in [0.15, 0.2) is 29.1 Å². The van der Waals surface area contributed by atoms with E-state index in [0.717, 1.165) is 60.1 Å². The summed E-state index contributed by atoms with van der Waals surface area (Å²) in [5.74, 6) is 0.846. The molecule has 2 fully saturated rings. The van der Waals surface area contributed by atoms with E-state index in [-0.39, 0.29) is 11.7 Å². The number of para-hydroxylation sites is 1. The summed E-state index contributed by atoms with van der Waals surface area (Å²) in [5.41, 5.74) is 2.80. The van der Waals surface area contributed by atoms with E-state index >= 15 is 0 Å². The van der Waals surface area contributed by atoms with Gasteiger partial charge in [0, 0.05) is 24.8 Å². The molecule has 1 atom stereocenters. The molecule has 3 aromatic rings. The first-order valence-electron chi connectivity index (χ1n) is 11.9. The first-order chi connectivity index (χ1) is 15.7. The lowest BCUT2D eigenvalue weighted by Crippen LogP contribution is -2.38. The van der Waals surface area contributed by atoms with E-state index in [2.05, 4.69) is 31.5 Å². The average molecular weight is 437 g/mol. The van der Waals surface area contributed by atoms with Gasteiger partial charge in [0.05, 0.1) is 24.7 Å². The van der Waals surface area contributed by atoms with Gasteiger partial charge in [0.1, 0.15) is 0 Å². The summed E-state index contributed by atoms with van der Waals surface area (Å²) in [6, 6.07) is 8.61. The number of benzene rings is 1. The lowest BCUT2D eigenvalue weighted by molar-refractivity contribution is 0.0893. The topological polar surface area (TPSA) is 88.9 Å². The molecule has 170 valence electrons. The van der Waals surface area contributed by atoms with Crippen LogP contribution >= 0.6 is 0 Å². The van der Waals surface area contributed by atoms with Crippen LogP contribution in [0, 0.1) is 6.92 Å². The maximum Gasteiger partial charge on any atom is 0.252 e. The molecule has 1 aromatic carbocycles. The highest BCUT2D eigenvalue weighted by Crippen LogP contribution is 2.26. The van der Waals surface area contributed by atoms with Crippen molar-refractivity contribution in [3.05, 3.63) is 51.6 Å². The number of hydrogen-bond donors (Lipinski definition) is 1. The SMILES string of the molecule is Cc1cccc2cc(CN(Cc3nnnn3CC3CCCO3)C3CCCCC3)c(=O)[nH]c12. The Bertz CT molecular complexity index is 1110. The fourth-order valence-corrected chi connectivity index (χ4v) is 5.17. The smallest absolute Gasteiger partial charge is 0.252 e. The van der Waals surface area contributed by atoms with Crippen LogP contribution in [0.4, 0.5) is 0 Å². The molecule has 1 unspecified atom stereocenters. The highest BCUT2D eigenvalue weighted by molar-refractivity contribution is 5.81. The van der Waals surface area contributed by atoms with Crippen LogP contribution in [0.2, 0.25) is 0 Å². The first kappa shape index (κ1) is 21.3. The Morgan fingerprint density at radius 3 is 2.84 bits per heavy atom. The van der Waals surface area contributed by atoms with E-state index in [4.69, 9.17) is 4.74 Å². The number of rotatable bonds is 7. The summed E-state index contributed by atoms with van der Waals surface area (Å²) >= 11 is 0. The predicted molar refractivity (Wildman–Crippen MR) is 122 cm³/mol. The Balaban J connectivity index is 1.41. The summed E-state index contributed by atoms with van der Waals surface area (Å²) in [4.78, 5) is 18.5. The molecule has 2 aromatic heterocycles. The number of nitrogens with one attached hydrogen (secondary N) is 1. The number of aromatic amines is 1. The Morgan fingerprint density at radius 2 is 2.03 bits per heavy atom. The predicted octanol–water partition coefficient (Wildman–Crippen LogP) is 3.34. The van der Waals surface area contributed by atoms with Crippen LogP contribution in [-0.4, -0.2) is 48.8 Å². The molecule has 0 radical (unpaired) electrons. The minimum absolute atomic E-state index is 0.00782. The molecule has 1 aliphatic carbocycles. The van der Waals surface area contributed by atoms with Crippen LogP contribution in [-0.2, 0) is 24.4 Å². The second-order valence-corrected chi connectivity index (χ2v) is 9.27. The molecular weight excluding hydrogens is 404 g/mol. The molecule has 5 rings (SSSR count). The van der Waals surface area contributed by atoms with Crippen LogP contribution in [0.1, 0.15) is 61.9 Å². The molecule has 0 bridgehead atoms. The van der Waals surface area contributed by atoms with Crippen molar-refractivity contribution in [1.82, 2.24) is 30.1 Å². The number of H-pyrrole nitrogens is 1. The van der Waals surface area contributed by atoms with E-state index in [0.29, 0.717) is 25.7 Å². The maximum absolute atomic E-state index is 13.0. The Hall–Kier alpha value is -2.58. The third kappa shape index (κ3) is 4.61. The standard InChI is InChI=1S/C24H32N6O2/c1-17-7-5-8-18-13-19(24(31)25-23(17)18)14-29(20-9-3-2-4-10-20)16-22-26-27-28-30(22)15-21-11-6-12-32-21/h5,7-8,13,20-21H,2-4,6,9-12,14-16H2,1H3,(H,25,31). The van der Waals surface area contributed by atoms with Gasteiger partial charge in [-0.2, -0.15) is 0 Å². The van der Waals surface area contributed by atoms with Gasteiger partial charge in [-0.1, -0.05) is 37.5 Å². The largest absolute Gasteiger partial charge is 0.376 e. The summed E-state index contributed by atoms with van der Waals surface area (Å²) < 4.78 is 7.68. The van der Waals surface area contributed by atoms with Gasteiger partial charge in [-0.15, -0.1) is 5.10 Å². The van der Waals surface area contributed by atoms with E-state index in [1.165, 1.54) is 19.3 Å². The van der Waals surface area contributed by atoms with Crippen molar-refractivity contribution in [2.24, 2.45) is 0 Å². The van der Waals surface area contributed by atoms with E-state index in [1.807, 2.05) is 29.8 Å². The first-order valence-corrected chi connectivity index (χ1v) is 11.9. The van der Waals surface area contributed by atoms with E-state index in [9.17, 15) is 4.79 Å². The van der Waals surface area contributed by atoms with Crippen LogP contribution < -0.4 is 5.56 Å². The summed E-state index contributed by atoms with van der Waals surface area (Å²) in [7, 11) is 0. The van der Waals surface area contributed by atoms with Gasteiger partial charge in [-0.25, -0.2) is 4.68 Å². The highest BCUT2D eigenvalue weighted by Gasteiger charge is 2.26. The van der Waals surface area contributed by atoms with Crippen LogP contribution in [0.5, 0.6) is 0 Å². The van der Waals surface area contributed by atoms with Gasteiger partial charge in [-0.05, 0) is 60.0 Å². The van der Waals surface area contributed by atoms with Crippen molar-refractivity contribution >= 4 is 10.9 Å². The molecule has 2 aliphatic rings. The van der Waals surface area contributed by atoms with Crippen LogP contribution in [0.25, 0.3) is 10.9 Å². The molecular formula is C24H32N6O2. The van der Waals surface area contributed by atoms with Crippen LogP contribution in [0.3, 0.4) is 0 Å². The van der Waals surface area contributed by atoms with Gasteiger partial charge in [0.15, 0.2) is 5.82 Å². The quantitative estimate of drug-likeness (QED) is 0.611. The lowest BCUT2D eigenvalue weighted by atomic mass is 9.93. The molecule has 1 saturated carbocycles. The fraction of sp³-hybridized carbons (Fsp3) is 0.583. The number of pyridine rings is 1. The third-order valence-corrected chi connectivity index (χ3v) is 6.98. The molecule has 3 heterocycles. The normalized spacial score (nSPS) is 19.9. The zero-order valence-corrected chi connectivity index (χ0v) is 18.8. The van der Waals surface area contributed by atoms with Crippen molar-refractivity contribution < 1.29 is 4.74 Å². The molecule has 32 heavy (non-hydrogen) atoms. The minimum atomic E-state index is -0.00782. The fourth-order valence-electron chi connectivity index (χ4n) is 5.17. The second-order valence-electron chi connectivity index (χ2n) is 9.27. The Labute approximate surface area is 188 Å². The number of aryl methyl sites for hydroxylation is 1. The van der Waals surface area contributed by atoms with E-state index in [1.54, 1.807) is 0 Å². The zero-order valence-electron chi connectivity index (χ0n) is 18.8. The summed E-state index contributed by atoms with van der Waals surface area (Å²) in [6.07, 6.45) is 8.39. The summed E-state index contributed by atoms with van der Waals surface area (Å²) in [6.45, 7) is 4.77. The van der Waals surface area contributed by atoms with Crippen molar-refractivity contribution in [2.45, 2.75) is 83.6 Å². The second kappa shape index (κ2) is 9.50. The van der Waals surface area contributed by atoms with E-state index < -0.39 is 0 Å². The Morgan fingerprint density at radius 1 is 1.16 bits per heavy atom. The van der Waals surface area contributed by atoms with Gasteiger partial charge >= 0.3 is 0 Å². The van der Waals surface area contributed by atoms with Gasteiger partial charge in [0.2, 0.25) is 0 Å². The number of tetrazole rings is 1. The number of fused-ring (bicyclic) bond motifs is 1. The van der Waals surface area contributed by atoms with Crippen molar-refractivity contribution in [3.63, 3.8) is 0 Å². The number of hydrogen-bond acceptors (Lipinski definition) is 6. The number of ether oxygens (including phenoxy) is 1. The third-order valence-electron chi connectivity index (χ3n) is 6.98. The van der Waals surface area contributed by atoms with Gasteiger partial charge < -0.3 is 9.72 Å². The molecule has 1 N–H and O–H groups in total. The molecule has 0 spiro atoms. The lowest BCUT2D eigenvalue weighted by Gasteiger charge is -2.34. The monoisotopic (exact) mass is 436 g/mol. The summed E-state index contributed by atoms with van der Waals surface area (Å²) in [5, 5.41) is 13.6. The molecule has 8 heteroatoms. The minimum Gasteiger partial charge on any atom is -0.376 e. The molecule has 1 aliphatic heterocycles. The molecule has 8 nitrogen and oxygen atoms in total. The maximum atomic E-state index is 13.0. The molecule has 1 saturated heterocycles. The zero-order chi connectivity index (χ0) is 21.9. The van der Waals surface area contributed by atoms with Crippen molar-refractivity contribution in [1.29, 1.82) is 0 Å². The Kier molecular flexibility index (Phi) is 6.32. The number of nitrogens with zero attached hydrogens (tertiary/aromatic N) is 5. The van der Waals surface area contributed by atoms with Crippen molar-refractivity contribution in [2.75, 3.05) is 6.61 Å². The highest BCUT2D eigenvalue weighted by atomic mass is 16.5. The van der Waals surface area contributed by atoms with Gasteiger partial charge in [0.25, 0.3) is 5.56 Å². The average Bonchev–Trinajstić information content (AvgIpc) is 3.48. The van der Waals surface area contributed by atoms with Crippen molar-refractivity contribution in [3.8, 4) is 0 Å².